The number of nitrogens with two attached hydrogens (primary N) is 1. The quantitative estimate of drug-likeness (QED) is 0.647. The average molecular weight is 440 g/mol. The number of aromatic nitrogens is 1. The molecule has 28 heavy (non-hydrogen) atoms. The molecule has 6 heteroatoms. The molecule has 1 aliphatic rings. The molecule has 2 heterocycles. The zero-order valence-electron chi connectivity index (χ0n) is 15.8. The van der Waals surface area contributed by atoms with Crippen molar-refractivity contribution in [3.63, 3.8) is 0 Å². The highest BCUT2D eigenvalue weighted by Crippen LogP contribution is 2.47. The van der Waals surface area contributed by atoms with E-state index in [4.69, 9.17) is 20.4 Å². The van der Waals surface area contributed by atoms with Crippen LogP contribution in [0.2, 0.25) is 0 Å². The van der Waals surface area contributed by atoms with Gasteiger partial charge in [-0.05, 0) is 49.2 Å². The molecule has 1 aromatic heterocycles. The van der Waals surface area contributed by atoms with Crippen LogP contribution in [-0.4, -0.2) is 17.9 Å². The summed E-state index contributed by atoms with van der Waals surface area (Å²) in [7, 11) is 1.62. The number of benzene rings is 2. The van der Waals surface area contributed by atoms with Gasteiger partial charge in [0.15, 0.2) is 5.54 Å². The second-order valence-electron chi connectivity index (χ2n) is 6.82. The van der Waals surface area contributed by atoms with E-state index in [1.807, 2.05) is 50.2 Å². The van der Waals surface area contributed by atoms with Crippen LogP contribution in [0.25, 0.3) is 0 Å². The van der Waals surface area contributed by atoms with Crippen molar-refractivity contribution < 1.29 is 9.13 Å². The lowest BCUT2D eigenvalue weighted by atomic mass is 9.79. The number of methoxy groups -OCH3 is 1. The fourth-order valence-corrected chi connectivity index (χ4v) is 4.37. The van der Waals surface area contributed by atoms with Gasteiger partial charge in [-0.15, -0.1) is 0 Å². The highest BCUT2D eigenvalue weighted by molar-refractivity contribution is 9.10. The first-order chi connectivity index (χ1) is 13.4. The van der Waals surface area contributed by atoms with E-state index >= 15 is 0 Å². The molecule has 2 aromatic carbocycles. The Morgan fingerprint density at radius 3 is 2.54 bits per heavy atom. The van der Waals surface area contributed by atoms with Gasteiger partial charge in [-0.1, -0.05) is 40.2 Å². The summed E-state index contributed by atoms with van der Waals surface area (Å²) in [5.74, 6) is 0.501. The smallest absolute Gasteiger partial charge is 0.156 e. The van der Waals surface area contributed by atoms with Gasteiger partial charge in [0.25, 0.3) is 0 Å². The molecule has 1 aliphatic heterocycles. The molecule has 0 amide bonds. The third-order valence-corrected chi connectivity index (χ3v) is 5.59. The van der Waals surface area contributed by atoms with Crippen LogP contribution in [-0.2, 0) is 5.54 Å². The van der Waals surface area contributed by atoms with E-state index in [1.54, 1.807) is 13.2 Å². The number of ether oxygens (including phenoxy) is 1. The summed E-state index contributed by atoms with van der Waals surface area (Å²) >= 11 is 3.53. The van der Waals surface area contributed by atoms with Gasteiger partial charge in [-0.2, -0.15) is 0 Å². The van der Waals surface area contributed by atoms with Gasteiger partial charge in [-0.3, -0.25) is 4.98 Å². The summed E-state index contributed by atoms with van der Waals surface area (Å²) in [6, 6.07) is 14.7. The SMILES string of the molecule is COc1c(C)cc(C2(c3cccc(Br)c3)N=C(N)c3c(F)cccc32)nc1C. The molecule has 2 N–H and O–H groups in total. The highest BCUT2D eigenvalue weighted by atomic mass is 79.9. The molecule has 0 saturated carbocycles. The Labute approximate surface area is 171 Å². The second kappa shape index (κ2) is 6.71. The number of rotatable bonds is 3. The van der Waals surface area contributed by atoms with Gasteiger partial charge >= 0.3 is 0 Å². The molecule has 4 nitrogen and oxygen atoms in total. The summed E-state index contributed by atoms with van der Waals surface area (Å²) < 4.78 is 21.0. The van der Waals surface area contributed by atoms with Crippen LogP contribution in [0.15, 0.2) is 58.0 Å². The molecule has 0 fully saturated rings. The third kappa shape index (κ3) is 2.63. The number of hydrogen-bond donors (Lipinski definition) is 1. The van der Waals surface area contributed by atoms with E-state index in [0.717, 1.165) is 27.0 Å². The predicted molar refractivity (Wildman–Crippen MR) is 111 cm³/mol. The largest absolute Gasteiger partial charge is 0.495 e. The molecule has 142 valence electrons. The van der Waals surface area contributed by atoms with E-state index in [2.05, 4.69) is 15.9 Å². The highest BCUT2D eigenvalue weighted by Gasteiger charge is 2.45. The molecule has 0 saturated heterocycles. The van der Waals surface area contributed by atoms with Crippen LogP contribution in [0.4, 0.5) is 4.39 Å². The third-order valence-electron chi connectivity index (χ3n) is 5.09. The Kier molecular flexibility index (Phi) is 4.46. The Balaban J connectivity index is 2.12. The molecular formula is C22H19BrFN3O. The lowest BCUT2D eigenvalue weighted by molar-refractivity contribution is 0.404. The molecular weight excluding hydrogens is 421 g/mol. The molecule has 3 aromatic rings. The number of aryl methyl sites for hydroxylation is 2. The average Bonchev–Trinajstić information content (AvgIpc) is 2.96. The van der Waals surface area contributed by atoms with Crippen LogP contribution < -0.4 is 10.5 Å². The normalized spacial score (nSPS) is 18.0. The zero-order valence-corrected chi connectivity index (χ0v) is 17.3. The van der Waals surface area contributed by atoms with Crippen molar-refractivity contribution in [2.45, 2.75) is 19.4 Å². The number of aliphatic imine (C=N–C) groups is 1. The van der Waals surface area contributed by atoms with E-state index in [-0.39, 0.29) is 5.84 Å². The van der Waals surface area contributed by atoms with E-state index in [0.29, 0.717) is 16.8 Å². The second-order valence-corrected chi connectivity index (χ2v) is 7.74. The number of fused-ring (bicyclic) bond motifs is 1. The standard InChI is InChI=1S/C22H19BrFN3O/c1-12-10-18(26-13(2)20(12)28-3)22(14-6-4-7-15(23)11-14)16-8-5-9-17(24)19(16)21(25)27-22/h4-11H,1-3H3,(H2,25,27). The maximum Gasteiger partial charge on any atom is 0.156 e. The summed E-state index contributed by atoms with van der Waals surface area (Å²) in [6.45, 7) is 3.85. The van der Waals surface area contributed by atoms with Crippen LogP contribution in [0.1, 0.15) is 33.6 Å². The minimum Gasteiger partial charge on any atom is -0.495 e. The van der Waals surface area contributed by atoms with Gasteiger partial charge in [0.2, 0.25) is 0 Å². The number of hydrogen-bond acceptors (Lipinski definition) is 4. The van der Waals surface area contributed by atoms with Gasteiger partial charge in [-0.25, -0.2) is 9.38 Å². The minimum atomic E-state index is -1.03. The number of nitrogens with zero attached hydrogens (tertiary/aromatic N) is 2. The first-order valence-electron chi connectivity index (χ1n) is 8.82. The summed E-state index contributed by atoms with van der Waals surface area (Å²) in [5, 5.41) is 0. The Morgan fingerprint density at radius 2 is 1.86 bits per heavy atom. The minimum absolute atomic E-state index is 0.168. The first-order valence-corrected chi connectivity index (χ1v) is 9.61. The number of halogens is 2. The van der Waals surface area contributed by atoms with Crippen molar-refractivity contribution in [3.8, 4) is 5.75 Å². The van der Waals surface area contributed by atoms with Gasteiger partial charge in [0.05, 0.1) is 24.1 Å². The van der Waals surface area contributed by atoms with Crippen LogP contribution in [0, 0.1) is 19.7 Å². The van der Waals surface area contributed by atoms with E-state index in [1.165, 1.54) is 6.07 Å². The predicted octanol–water partition coefficient (Wildman–Crippen LogP) is 4.62. The van der Waals surface area contributed by atoms with Crippen molar-refractivity contribution in [2.24, 2.45) is 10.7 Å². The zero-order chi connectivity index (χ0) is 20.1. The van der Waals surface area contributed by atoms with Crippen molar-refractivity contribution in [1.82, 2.24) is 4.98 Å². The maximum absolute atomic E-state index is 14.7. The summed E-state index contributed by atoms with van der Waals surface area (Å²) in [4.78, 5) is 9.60. The number of amidine groups is 1. The molecule has 1 unspecified atom stereocenters. The Morgan fingerprint density at radius 1 is 1.11 bits per heavy atom. The topological polar surface area (TPSA) is 60.5 Å². The van der Waals surface area contributed by atoms with Crippen molar-refractivity contribution in [2.75, 3.05) is 7.11 Å². The summed E-state index contributed by atoms with van der Waals surface area (Å²) in [6.07, 6.45) is 0. The van der Waals surface area contributed by atoms with E-state index in [9.17, 15) is 4.39 Å². The lowest BCUT2D eigenvalue weighted by Gasteiger charge is -2.29. The number of pyridine rings is 1. The molecule has 1 atom stereocenters. The van der Waals surface area contributed by atoms with Crippen molar-refractivity contribution >= 4 is 21.8 Å². The lowest BCUT2D eigenvalue weighted by Crippen LogP contribution is -2.27. The maximum atomic E-state index is 14.7. The van der Waals surface area contributed by atoms with Gasteiger partial charge in [0.1, 0.15) is 17.4 Å². The van der Waals surface area contributed by atoms with Crippen LogP contribution in [0.5, 0.6) is 5.75 Å². The van der Waals surface area contributed by atoms with Crippen LogP contribution in [0.3, 0.4) is 0 Å². The van der Waals surface area contributed by atoms with Crippen molar-refractivity contribution in [3.05, 3.63) is 92.5 Å². The van der Waals surface area contributed by atoms with Crippen LogP contribution >= 0.6 is 15.9 Å². The molecule has 0 spiro atoms. The fraction of sp³-hybridized carbons (Fsp3) is 0.182. The summed E-state index contributed by atoms with van der Waals surface area (Å²) in [5.41, 5.74) is 9.39. The monoisotopic (exact) mass is 439 g/mol. The van der Waals surface area contributed by atoms with E-state index < -0.39 is 11.4 Å². The van der Waals surface area contributed by atoms with Gasteiger partial charge < -0.3 is 10.5 Å². The molecule has 0 bridgehead atoms. The van der Waals surface area contributed by atoms with Gasteiger partial charge in [0, 0.05) is 10.0 Å². The molecule has 4 rings (SSSR count). The molecule has 0 aliphatic carbocycles. The first kappa shape index (κ1) is 18.6. The molecule has 0 radical (unpaired) electrons. The Hall–Kier alpha value is -2.73. The Bertz CT molecular complexity index is 1110. The van der Waals surface area contributed by atoms with Crippen molar-refractivity contribution in [1.29, 1.82) is 0 Å². The fourth-order valence-electron chi connectivity index (χ4n) is 3.97.